The molecule has 3 rings (SSSR count). The number of rotatable bonds is 8. The molecular weight excluding hydrogens is 436 g/mol. The van der Waals surface area contributed by atoms with Crippen molar-refractivity contribution in [3.8, 4) is 0 Å². The molecule has 0 radical (unpaired) electrons. The summed E-state index contributed by atoms with van der Waals surface area (Å²) in [6, 6.07) is 7.06. The lowest BCUT2D eigenvalue weighted by atomic mass is 10.1. The first kappa shape index (κ1) is 23.5. The molecule has 1 heterocycles. The van der Waals surface area contributed by atoms with Crippen molar-refractivity contribution in [3.63, 3.8) is 0 Å². The van der Waals surface area contributed by atoms with E-state index in [1.54, 1.807) is 11.8 Å². The fourth-order valence-corrected chi connectivity index (χ4v) is 5.54. The maximum Gasteiger partial charge on any atom is 0.327 e. The summed E-state index contributed by atoms with van der Waals surface area (Å²) in [5, 5.41) is 15.1. The van der Waals surface area contributed by atoms with E-state index in [1.807, 2.05) is 24.3 Å². The van der Waals surface area contributed by atoms with E-state index in [4.69, 9.17) is 5.11 Å². The number of thioether (sulfide) groups is 2. The molecule has 1 aromatic rings. The lowest BCUT2D eigenvalue weighted by Gasteiger charge is -2.26. The van der Waals surface area contributed by atoms with Crippen molar-refractivity contribution in [2.45, 2.75) is 43.6 Å². The quantitative estimate of drug-likeness (QED) is 0.536. The number of benzene rings is 1. The molecule has 0 saturated heterocycles. The van der Waals surface area contributed by atoms with Crippen molar-refractivity contribution in [1.29, 1.82) is 0 Å². The molecule has 1 atom stereocenters. The molecule has 1 aliphatic heterocycles. The van der Waals surface area contributed by atoms with Gasteiger partial charge in [-0.15, -0.1) is 11.8 Å². The van der Waals surface area contributed by atoms with Crippen molar-refractivity contribution in [1.82, 2.24) is 5.32 Å². The number of nitrogens with one attached hydrogen (secondary N) is 2. The summed E-state index contributed by atoms with van der Waals surface area (Å²) in [4.78, 5) is 41.8. The van der Waals surface area contributed by atoms with Gasteiger partial charge in [-0.3, -0.25) is 24.8 Å². The smallest absolute Gasteiger partial charge is 0.327 e. The third kappa shape index (κ3) is 7.17. The maximum absolute atomic E-state index is 13.2. The van der Waals surface area contributed by atoms with Gasteiger partial charge >= 0.3 is 12.0 Å². The SMILES string of the molecule is CCC(=O)Nc1cccc(N(CC2CCCC2)C(=O)NC2=NCC(SCC(=O)O)S2)c1. The predicted molar refractivity (Wildman–Crippen MR) is 127 cm³/mol. The molecule has 3 N–H and O–H groups in total. The largest absolute Gasteiger partial charge is 0.481 e. The summed E-state index contributed by atoms with van der Waals surface area (Å²) in [6.07, 6.45) is 4.93. The molecule has 0 spiro atoms. The number of anilines is 2. The average Bonchev–Trinajstić information content (AvgIpc) is 3.42. The van der Waals surface area contributed by atoms with E-state index in [2.05, 4.69) is 15.6 Å². The van der Waals surface area contributed by atoms with E-state index in [-0.39, 0.29) is 22.3 Å². The summed E-state index contributed by atoms with van der Waals surface area (Å²) < 4.78 is -0.0118. The number of hydrogen-bond donors (Lipinski definition) is 3. The molecule has 1 aliphatic carbocycles. The van der Waals surface area contributed by atoms with Gasteiger partial charge in [0, 0.05) is 24.3 Å². The molecule has 8 nitrogen and oxygen atoms in total. The highest BCUT2D eigenvalue weighted by Gasteiger charge is 2.27. The van der Waals surface area contributed by atoms with Crippen LogP contribution in [0.5, 0.6) is 0 Å². The zero-order valence-electron chi connectivity index (χ0n) is 17.5. The molecule has 168 valence electrons. The molecule has 2 aliphatic rings. The van der Waals surface area contributed by atoms with Crippen LogP contribution in [0.1, 0.15) is 39.0 Å². The summed E-state index contributed by atoms with van der Waals surface area (Å²) in [7, 11) is 0. The second kappa shape index (κ2) is 11.4. The Bertz CT molecular complexity index is 842. The zero-order valence-corrected chi connectivity index (χ0v) is 19.1. The van der Waals surface area contributed by atoms with E-state index in [9.17, 15) is 14.4 Å². The van der Waals surface area contributed by atoms with Crippen LogP contribution in [0.25, 0.3) is 0 Å². The van der Waals surface area contributed by atoms with Gasteiger partial charge in [-0.25, -0.2) is 4.79 Å². The topological polar surface area (TPSA) is 111 Å². The first-order valence-electron chi connectivity index (χ1n) is 10.5. The molecular formula is C21H28N4O4S2. The Balaban J connectivity index is 1.69. The van der Waals surface area contributed by atoms with Crippen LogP contribution in [-0.4, -0.2) is 51.6 Å². The molecule has 0 bridgehead atoms. The van der Waals surface area contributed by atoms with E-state index < -0.39 is 5.97 Å². The Kier molecular flexibility index (Phi) is 8.65. The van der Waals surface area contributed by atoms with Gasteiger partial charge in [-0.1, -0.05) is 37.6 Å². The number of carboxylic acids is 1. The van der Waals surface area contributed by atoms with Crippen molar-refractivity contribution < 1.29 is 19.5 Å². The summed E-state index contributed by atoms with van der Waals surface area (Å²) in [6.45, 7) is 2.87. The second-order valence-electron chi connectivity index (χ2n) is 7.54. The lowest BCUT2D eigenvalue weighted by molar-refractivity contribution is -0.133. The Morgan fingerprint density at radius 3 is 2.74 bits per heavy atom. The monoisotopic (exact) mass is 464 g/mol. The van der Waals surface area contributed by atoms with Crippen LogP contribution in [0.2, 0.25) is 0 Å². The van der Waals surface area contributed by atoms with Gasteiger partial charge in [0.15, 0.2) is 5.17 Å². The van der Waals surface area contributed by atoms with Crippen LogP contribution in [0.3, 0.4) is 0 Å². The lowest BCUT2D eigenvalue weighted by Crippen LogP contribution is -2.44. The molecule has 3 amide bonds. The van der Waals surface area contributed by atoms with Crippen molar-refractivity contribution in [2.24, 2.45) is 10.9 Å². The van der Waals surface area contributed by atoms with Crippen molar-refractivity contribution >= 4 is 58.0 Å². The highest BCUT2D eigenvalue weighted by Crippen LogP contribution is 2.31. The van der Waals surface area contributed by atoms with Gasteiger partial charge < -0.3 is 10.4 Å². The maximum atomic E-state index is 13.2. The predicted octanol–water partition coefficient (Wildman–Crippen LogP) is 3.99. The van der Waals surface area contributed by atoms with Gasteiger partial charge in [0.2, 0.25) is 5.91 Å². The zero-order chi connectivity index (χ0) is 22.2. The number of urea groups is 1. The number of aliphatic carboxylic acids is 1. The van der Waals surface area contributed by atoms with Crippen LogP contribution in [0, 0.1) is 5.92 Å². The van der Waals surface area contributed by atoms with Crippen LogP contribution in [0.4, 0.5) is 16.2 Å². The van der Waals surface area contributed by atoms with Crippen LogP contribution < -0.4 is 15.5 Å². The van der Waals surface area contributed by atoms with E-state index in [1.165, 1.54) is 36.4 Å². The van der Waals surface area contributed by atoms with Gasteiger partial charge in [0.05, 0.1) is 16.9 Å². The fraction of sp³-hybridized carbons (Fsp3) is 0.524. The standard InChI is InChI=1S/C21H28N4O4S2/c1-2-17(26)23-15-8-5-9-16(10-15)25(12-14-6-3-4-7-14)21(29)24-20-22-11-19(31-20)30-13-18(27)28/h5,8-10,14,19H,2-4,6-7,11-13H2,1H3,(H,23,26)(H,27,28)(H,22,24,29). The Hall–Kier alpha value is -2.20. The Morgan fingerprint density at radius 2 is 2.03 bits per heavy atom. The number of amidine groups is 1. The highest BCUT2D eigenvalue weighted by molar-refractivity contribution is 8.25. The van der Waals surface area contributed by atoms with Crippen LogP contribution in [0.15, 0.2) is 29.3 Å². The fourth-order valence-electron chi connectivity index (χ4n) is 3.59. The number of carboxylic acid groups (broad SMARTS) is 1. The third-order valence-corrected chi connectivity index (χ3v) is 7.65. The number of aliphatic imine (C=N–C) groups is 1. The normalized spacial score (nSPS) is 18.5. The van der Waals surface area contributed by atoms with E-state index >= 15 is 0 Å². The molecule has 10 heteroatoms. The summed E-state index contributed by atoms with van der Waals surface area (Å²) >= 11 is 2.69. The first-order chi connectivity index (χ1) is 14.9. The number of hydrogen-bond acceptors (Lipinski definition) is 6. The minimum atomic E-state index is -0.860. The number of nitrogens with zero attached hydrogens (tertiary/aromatic N) is 2. The van der Waals surface area contributed by atoms with Gasteiger partial charge in [-0.2, -0.15) is 0 Å². The molecule has 0 aromatic heterocycles. The van der Waals surface area contributed by atoms with Crippen molar-refractivity contribution in [3.05, 3.63) is 24.3 Å². The van der Waals surface area contributed by atoms with E-state index in [0.717, 1.165) is 18.5 Å². The Labute approximate surface area is 190 Å². The molecule has 1 unspecified atom stereocenters. The molecule has 1 aromatic carbocycles. The van der Waals surface area contributed by atoms with Gasteiger partial charge in [0.25, 0.3) is 0 Å². The third-order valence-electron chi connectivity index (χ3n) is 5.16. The summed E-state index contributed by atoms with van der Waals surface area (Å²) in [5.74, 6) is -0.485. The Morgan fingerprint density at radius 1 is 1.26 bits per heavy atom. The van der Waals surface area contributed by atoms with Crippen LogP contribution >= 0.6 is 23.5 Å². The molecule has 1 fully saturated rings. The number of amides is 3. The molecule has 31 heavy (non-hydrogen) atoms. The van der Waals surface area contributed by atoms with Crippen molar-refractivity contribution in [2.75, 3.05) is 29.1 Å². The van der Waals surface area contributed by atoms with Gasteiger partial charge in [-0.05, 0) is 37.0 Å². The van der Waals surface area contributed by atoms with Gasteiger partial charge in [0.1, 0.15) is 0 Å². The minimum absolute atomic E-state index is 0.0118. The number of carbonyl (C=O) groups is 3. The second-order valence-corrected chi connectivity index (χ2v) is 10.2. The minimum Gasteiger partial charge on any atom is -0.481 e. The highest BCUT2D eigenvalue weighted by atomic mass is 32.2. The van der Waals surface area contributed by atoms with E-state index in [0.29, 0.717) is 36.3 Å². The van der Waals surface area contributed by atoms with Crippen LogP contribution in [-0.2, 0) is 9.59 Å². The molecule has 1 saturated carbocycles. The first-order valence-corrected chi connectivity index (χ1v) is 12.4. The number of carbonyl (C=O) groups excluding carboxylic acids is 2. The average molecular weight is 465 g/mol. The summed E-state index contributed by atoms with van der Waals surface area (Å²) in [5.41, 5.74) is 1.38.